The molecule has 0 spiro atoms. The second kappa shape index (κ2) is 9.03. The number of sulfonamides is 1. The summed E-state index contributed by atoms with van der Waals surface area (Å²) in [5.74, 6) is -0.299. The van der Waals surface area contributed by atoms with Gasteiger partial charge in [0.15, 0.2) is 0 Å². The van der Waals surface area contributed by atoms with E-state index in [2.05, 4.69) is 17.2 Å². The van der Waals surface area contributed by atoms with E-state index in [-0.39, 0.29) is 16.5 Å². The maximum Gasteiger partial charge on any atom is 0.275 e. The largest absolute Gasteiger partial charge is 0.321 e. The van der Waals surface area contributed by atoms with E-state index >= 15 is 0 Å². The molecule has 0 radical (unpaired) electrons. The Bertz CT molecular complexity index is 1150. The Morgan fingerprint density at radius 3 is 2.32 bits per heavy atom. The number of nitrogens with zero attached hydrogens (tertiary/aromatic N) is 3. The summed E-state index contributed by atoms with van der Waals surface area (Å²) in [6.07, 6.45) is 7.00. The third-order valence-electron chi connectivity index (χ3n) is 5.52. The number of nitrogens with one attached hydrogen (secondary N) is 1. The Labute approximate surface area is 182 Å². The zero-order chi connectivity index (χ0) is 21.8. The SMILES string of the molecule is CCc1ccc(NC(=O)c2cn(-c3ccc(S(=O)(=O)N4CCCCC4)cc3)cn2)cc1. The average Bonchev–Trinajstić information content (AvgIpc) is 3.31. The van der Waals surface area contributed by atoms with E-state index < -0.39 is 10.0 Å². The lowest BCUT2D eigenvalue weighted by Crippen LogP contribution is -2.35. The number of amides is 1. The normalized spacial score (nSPS) is 15.0. The van der Waals surface area contributed by atoms with Crippen LogP contribution in [0.1, 0.15) is 42.2 Å². The van der Waals surface area contributed by atoms with Crippen LogP contribution >= 0.6 is 0 Å². The van der Waals surface area contributed by atoms with Crippen LogP contribution in [0.2, 0.25) is 0 Å². The molecular formula is C23H26N4O3S. The van der Waals surface area contributed by atoms with Gasteiger partial charge in [-0.1, -0.05) is 25.5 Å². The maximum absolute atomic E-state index is 12.8. The van der Waals surface area contributed by atoms with Crippen molar-refractivity contribution in [3.63, 3.8) is 0 Å². The van der Waals surface area contributed by atoms with E-state index in [4.69, 9.17) is 0 Å². The summed E-state index contributed by atoms with van der Waals surface area (Å²) in [4.78, 5) is 17.0. The van der Waals surface area contributed by atoms with Crippen LogP contribution in [0.4, 0.5) is 5.69 Å². The van der Waals surface area contributed by atoms with Crippen LogP contribution in [0.25, 0.3) is 5.69 Å². The van der Waals surface area contributed by atoms with Gasteiger partial charge in [-0.15, -0.1) is 0 Å². The van der Waals surface area contributed by atoms with Gasteiger partial charge in [0, 0.05) is 30.7 Å². The van der Waals surface area contributed by atoms with Crippen LogP contribution in [0.15, 0.2) is 66.0 Å². The number of aryl methyl sites for hydroxylation is 1. The van der Waals surface area contributed by atoms with Gasteiger partial charge in [-0.25, -0.2) is 13.4 Å². The highest BCUT2D eigenvalue weighted by atomic mass is 32.2. The summed E-state index contributed by atoms with van der Waals surface area (Å²) in [5, 5.41) is 2.84. The van der Waals surface area contributed by atoms with E-state index in [0.29, 0.717) is 18.8 Å². The molecule has 1 fully saturated rings. The second-order valence-corrected chi connectivity index (χ2v) is 9.57. The third-order valence-corrected chi connectivity index (χ3v) is 7.44. The smallest absolute Gasteiger partial charge is 0.275 e. The van der Waals surface area contributed by atoms with Gasteiger partial charge in [0.05, 0.1) is 4.90 Å². The van der Waals surface area contributed by atoms with Gasteiger partial charge in [0.1, 0.15) is 12.0 Å². The number of aromatic nitrogens is 2. The summed E-state index contributed by atoms with van der Waals surface area (Å²) in [6, 6.07) is 14.4. The fourth-order valence-electron chi connectivity index (χ4n) is 3.64. The van der Waals surface area contributed by atoms with Crippen molar-refractivity contribution in [2.45, 2.75) is 37.5 Å². The number of hydrogen-bond acceptors (Lipinski definition) is 4. The molecule has 2 heterocycles. The molecule has 1 aromatic heterocycles. The third kappa shape index (κ3) is 4.70. The van der Waals surface area contributed by atoms with Crippen LogP contribution in [0, 0.1) is 0 Å². The molecule has 1 N–H and O–H groups in total. The van der Waals surface area contributed by atoms with Crippen LogP contribution in [0.3, 0.4) is 0 Å². The summed E-state index contributed by atoms with van der Waals surface area (Å²) in [7, 11) is -3.46. The van der Waals surface area contributed by atoms with Gasteiger partial charge in [0.2, 0.25) is 10.0 Å². The van der Waals surface area contributed by atoms with E-state index in [9.17, 15) is 13.2 Å². The van der Waals surface area contributed by atoms with Crippen molar-refractivity contribution in [3.8, 4) is 5.69 Å². The predicted molar refractivity (Wildman–Crippen MR) is 120 cm³/mol. The van der Waals surface area contributed by atoms with E-state index in [1.165, 1.54) is 5.56 Å². The monoisotopic (exact) mass is 438 g/mol. The van der Waals surface area contributed by atoms with Crippen LogP contribution in [-0.2, 0) is 16.4 Å². The highest BCUT2D eigenvalue weighted by Gasteiger charge is 2.25. The van der Waals surface area contributed by atoms with Crippen molar-refractivity contribution >= 4 is 21.6 Å². The lowest BCUT2D eigenvalue weighted by atomic mass is 10.1. The van der Waals surface area contributed by atoms with Gasteiger partial charge in [0.25, 0.3) is 5.91 Å². The summed E-state index contributed by atoms with van der Waals surface area (Å²) in [5.41, 5.74) is 2.93. The first-order valence-corrected chi connectivity index (χ1v) is 12.0. The van der Waals surface area contributed by atoms with Crippen molar-refractivity contribution in [2.75, 3.05) is 18.4 Å². The number of carbonyl (C=O) groups excluding carboxylic acids is 1. The first kappa shape index (κ1) is 21.3. The zero-order valence-corrected chi connectivity index (χ0v) is 18.3. The molecule has 0 unspecified atom stereocenters. The molecule has 7 nitrogen and oxygen atoms in total. The number of piperidine rings is 1. The molecule has 1 aliphatic heterocycles. The minimum Gasteiger partial charge on any atom is -0.321 e. The van der Waals surface area contributed by atoms with E-state index in [1.807, 2.05) is 24.3 Å². The number of rotatable bonds is 6. The molecule has 0 atom stereocenters. The number of anilines is 1. The molecule has 0 bridgehead atoms. The lowest BCUT2D eigenvalue weighted by Gasteiger charge is -2.25. The molecule has 4 rings (SSSR count). The van der Waals surface area contributed by atoms with Gasteiger partial charge in [-0.2, -0.15) is 4.31 Å². The Kier molecular flexibility index (Phi) is 6.20. The summed E-state index contributed by atoms with van der Waals surface area (Å²) in [6.45, 7) is 3.23. The molecular weight excluding hydrogens is 412 g/mol. The Hall–Kier alpha value is -2.97. The van der Waals surface area contributed by atoms with E-state index in [1.54, 1.807) is 45.7 Å². The van der Waals surface area contributed by atoms with Crippen molar-refractivity contribution < 1.29 is 13.2 Å². The Morgan fingerprint density at radius 1 is 1.00 bits per heavy atom. The molecule has 0 saturated carbocycles. The molecule has 3 aromatic rings. The molecule has 1 amide bonds. The van der Waals surface area contributed by atoms with Gasteiger partial charge in [-0.05, 0) is 61.2 Å². The quantitative estimate of drug-likeness (QED) is 0.633. The predicted octanol–water partition coefficient (Wildman–Crippen LogP) is 3.86. The van der Waals surface area contributed by atoms with Gasteiger partial charge in [-0.3, -0.25) is 4.79 Å². The molecule has 1 aliphatic rings. The first-order valence-electron chi connectivity index (χ1n) is 10.5. The fraction of sp³-hybridized carbons (Fsp3) is 0.304. The number of hydrogen-bond donors (Lipinski definition) is 1. The molecule has 8 heteroatoms. The van der Waals surface area contributed by atoms with Gasteiger partial charge >= 0.3 is 0 Å². The highest BCUT2D eigenvalue weighted by molar-refractivity contribution is 7.89. The standard InChI is InChI=1S/C23H26N4O3S/c1-2-18-6-8-19(9-7-18)25-23(28)22-16-26(17-24-22)20-10-12-21(13-11-20)31(29,30)27-14-4-3-5-15-27/h6-13,16-17H,2-5,14-15H2,1H3,(H,25,28). The average molecular weight is 439 g/mol. The fourth-order valence-corrected chi connectivity index (χ4v) is 5.16. The van der Waals surface area contributed by atoms with Crippen molar-refractivity contribution in [3.05, 3.63) is 72.3 Å². The highest BCUT2D eigenvalue weighted by Crippen LogP contribution is 2.22. The lowest BCUT2D eigenvalue weighted by molar-refractivity contribution is 0.102. The minimum absolute atomic E-state index is 0.282. The van der Waals surface area contributed by atoms with Crippen LogP contribution in [0.5, 0.6) is 0 Å². The summed E-state index contributed by atoms with van der Waals surface area (Å²) >= 11 is 0. The van der Waals surface area contributed by atoms with Crippen LogP contribution in [-0.4, -0.2) is 41.3 Å². The molecule has 1 saturated heterocycles. The maximum atomic E-state index is 12.8. The summed E-state index contributed by atoms with van der Waals surface area (Å²) < 4.78 is 28.8. The number of benzene rings is 2. The second-order valence-electron chi connectivity index (χ2n) is 7.63. The Morgan fingerprint density at radius 2 is 1.68 bits per heavy atom. The zero-order valence-electron chi connectivity index (χ0n) is 17.5. The molecule has 0 aliphatic carbocycles. The molecule has 162 valence electrons. The van der Waals surface area contributed by atoms with Crippen molar-refractivity contribution in [1.82, 2.24) is 13.9 Å². The Balaban J connectivity index is 1.46. The number of imidazole rings is 1. The molecule has 31 heavy (non-hydrogen) atoms. The first-order chi connectivity index (χ1) is 15.0. The number of carbonyl (C=O) groups is 1. The van der Waals surface area contributed by atoms with Crippen LogP contribution < -0.4 is 5.32 Å². The topological polar surface area (TPSA) is 84.3 Å². The van der Waals surface area contributed by atoms with Gasteiger partial charge < -0.3 is 9.88 Å². The molecule has 2 aromatic carbocycles. The van der Waals surface area contributed by atoms with E-state index in [0.717, 1.165) is 31.4 Å². The minimum atomic E-state index is -3.46. The van der Waals surface area contributed by atoms with Crippen molar-refractivity contribution in [1.29, 1.82) is 0 Å². The van der Waals surface area contributed by atoms with Crippen molar-refractivity contribution in [2.24, 2.45) is 0 Å².